The lowest BCUT2D eigenvalue weighted by Crippen LogP contribution is -2.26. The van der Waals surface area contributed by atoms with Crippen LogP contribution in [-0.4, -0.2) is 40.9 Å². The molecule has 0 aliphatic rings. The Morgan fingerprint density at radius 3 is 2.74 bits per heavy atom. The molecule has 0 saturated heterocycles. The molecular weight excluding hydrogens is 244 g/mol. The van der Waals surface area contributed by atoms with E-state index in [9.17, 15) is 4.79 Å². The Bertz CT molecular complexity index is 598. The number of carboxylic acid groups (broad SMARTS) is 1. The molecule has 5 nitrogen and oxygen atoms in total. The summed E-state index contributed by atoms with van der Waals surface area (Å²) in [5.74, 6) is -0.213. The summed E-state index contributed by atoms with van der Waals surface area (Å²) in [6.45, 7) is 3.28. The smallest absolute Gasteiger partial charge is 0.336 e. The van der Waals surface area contributed by atoms with Crippen molar-refractivity contribution < 1.29 is 15.0 Å². The quantitative estimate of drug-likeness (QED) is 0.856. The van der Waals surface area contributed by atoms with Crippen LogP contribution in [-0.2, 0) is 0 Å². The number of aromatic carboxylic acids is 1. The standard InChI is InChI=1S/C14H16N2O3/c1-2-16(8-9-17)13-7-6-10-11(14(18)19)4-3-5-12(10)15-13/h3-7,17H,2,8-9H2,1H3,(H,18,19). The number of nitrogens with zero attached hydrogens (tertiary/aromatic N) is 2. The number of carbonyl (C=O) groups is 1. The number of aromatic nitrogens is 1. The lowest BCUT2D eigenvalue weighted by atomic mass is 10.1. The van der Waals surface area contributed by atoms with Crippen molar-refractivity contribution in [1.82, 2.24) is 4.98 Å². The molecule has 1 aromatic carbocycles. The molecule has 1 aromatic heterocycles. The molecule has 0 bridgehead atoms. The number of pyridine rings is 1. The monoisotopic (exact) mass is 260 g/mol. The number of carboxylic acids is 1. The number of aliphatic hydroxyl groups is 1. The summed E-state index contributed by atoms with van der Waals surface area (Å²) in [4.78, 5) is 17.5. The number of aliphatic hydroxyl groups excluding tert-OH is 1. The van der Waals surface area contributed by atoms with Crippen LogP contribution in [0.15, 0.2) is 30.3 Å². The van der Waals surface area contributed by atoms with Crippen LogP contribution in [0.2, 0.25) is 0 Å². The molecule has 0 saturated carbocycles. The van der Waals surface area contributed by atoms with Crippen molar-refractivity contribution in [2.24, 2.45) is 0 Å². The Morgan fingerprint density at radius 2 is 2.11 bits per heavy atom. The molecule has 5 heteroatoms. The lowest BCUT2D eigenvalue weighted by molar-refractivity contribution is 0.0699. The summed E-state index contributed by atoms with van der Waals surface area (Å²) in [6, 6.07) is 8.59. The van der Waals surface area contributed by atoms with Crippen molar-refractivity contribution in [2.45, 2.75) is 6.92 Å². The van der Waals surface area contributed by atoms with E-state index >= 15 is 0 Å². The van der Waals surface area contributed by atoms with Crippen LogP contribution in [0.4, 0.5) is 5.82 Å². The Labute approximate surface area is 111 Å². The van der Waals surface area contributed by atoms with E-state index in [-0.39, 0.29) is 12.2 Å². The third-order valence-corrected chi connectivity index (χ3v) is 3.02. The van der Waals surface area contributed by atoms with Gasteiger partial charge in [-0.05, 0) is 31.2 Å². The lowest BCUT2D eigenvalue weighted by Gasteiger charge is -2.21. The van der Waals surface area contributed by atoms with Crippen LogP contribution in [0.5, 0.6) is 0 Å². The summed E-state index contributed by atoms with van der Waals surface area (Å²) in [6.07, 6.45) is 0. The number of rotatable bonds is 5. The molecule has 0 unspecified atom stereocenters. The molecule has 0 aliphatic heterocycles. The Morgan fingerprint density at radius 1 is 1.32 bits per heavy atom. The Hall–Kier alpha value is -2.14. The third-order valence-electron chi connectivity index (χ3n) is 3.02. The minimum absolute atomic E-state index is 0.0583. The topological polar surface area (TPSA) is 73.7 Å². The zero-order valence-corrected chi connectivity index (χ0v) is 10.7. The first kappa shape index (κ1) is 13.3. The number of hydrogen-bond acceptors (Lipinski definition) is 4. The maximum absolute atomic E-state index is 11.1. The van der Waals surface area contributed by atoms with E-state index in [0.29, 0.717) is 17.4 Å². The van der Waals surface area contributed by atoms with Gasteiger partial charge < -0.3 is 15.1 Å². The van der Waals surface area contributed by atoms with Crippen molar-refractivity contribution in [1.29, 1.82) is 0 Å². The van der Waals surface area contributed by atoms with Crippen molar-refractivity contribution in [2.75, 3.05) is 24.6 Å². The number of anilines is 1. The average Bonchev–Trinajstić information content (AvgIpc) is 2.43. The van der Waals surface area contributed by atoms with Gasteiger partial charge in [-0.3, -0.25) is 0 Å². The highest BCUT2D eigenvalue weighted by molar-refractivity contribution is 6.02. The van der Waals surface area contributed by atoms with Crippen LogP contribution in [0, 0.1) is 0 Å². The molecular formula is C14H16N2O3. The fourth-order valence-corrected chi connectivity index (χ4v) is 2.06. The van der Waals surface area contributed by atoms with E-state index in [1.54, 1.807) is 30.3 Å². The number of benzene rings is 1. The third kappa shape index (κ3) is 2.66. The van der Waals surface area contributed by atoms with Gasteiger partial charge in [0.25, 0.3) is 0 Å². The van der Waals surface area contributed by atoms with E-state index in [4.69, 9.17) is 10.2 Å². The van der Waals surface area contributed by atoms with Crippen LogP contribution >= 0.6 is 0 Å². The SMILES string of the molecule is CCN(CCO)c1ccc2c(C(=O)O)cccc2n1. The molecule has 0 radical (unpaired) electrons. The zero-order valence-electron chi connectivity index (χ0n) is 10.7. The summed E-state index contributed by atoms with van der Waals surface area (Å²) < 4.78 is 0. The van der Waals surface area contributed by atoms with Crippen LogP contribution in [0.25, 0.3) is 10.9 Å². The van der Waals surface area contributed by atoms with Crippen LogP contribution in [0.1, 0.15) is 17.3 Å². The van der Waals surface area contributed by atoms with E-state index in [1.807, 2.05) is 11.8 Å². The van der Waals surface area contributed by atoms with Crippen molar-refractivity contribution in [3.8, 4) is 0 Å². The summed E-state index contributed by atoms with van der Waals surface area (Å²) in [5.41, 5.74) is 0.899. The molecule has 19 heavy (non-hydrogen) atoms. The number of hydrogen-bond donors (Lipinski definition) is 2. The Balaban J connectivity index is 2.49. The van der Waals surface area contributed by atoms with Crippen molar-refractivity contribution in [3.05, 3.63) is 35.9 Å². The second-order valence-electron chi connectivity index (χ2n) is 4.15. The Kier molecular flexibility index (Phi) is 3.97. The minimum Gasteiger partial charge on any atom is -0.478 e. The van der Waals surface area contributed by atoms with Gasteiger partial charge in [0.15, 0.2) is 0 Å². The van der Waals surface area contributed by atoms with Gasteiger partial charge in [-0.25, -0.2) is 9.78 Å². The highest BCUT2D eigenvalue weighted by Crippen LogP contribution is 2.21. The highest BCUT2D eigenvalue weighted by atomic mass is 16.4. The molecule has 100 valence electrons. The predicted molar refractivity (Wildman–Crippen MR) is 73.7 cm³/mol. The number of likely N-dealkylation sites (N-methyl/N-ethyl adjacent to an activating group) is 1. The maximum atomic E-state index is 11.1. The van der Waals surface area contributed by atoms with E-state index in [1.165, 1.54) is 0 Å². The molecule has 0 fully saturated rings. The van der Waals surface area contributed by atoms with Gasteiger partial charge in [-0.1, -0.05) is 6.07 Å². The first-order valence-corrected chi connectivity index (χ1v) is 6.16. The van der Waals surface area contributed by atoms with Gasteiger partial charge in [0, 0.05) is 18.5 Å². The van der Waals surface area contributed by atoms with E-state index < -0.39 is 5.97 Å². The molecule has 2 rings (SSSR count). The second-order valence-corrected chi connectivity index (χ2v) is 4.15. The second kappa shape index (κ2) is 5.67. The minimum atomic E-state index is -0.956. The van der Waals surface area contributed by atoms with Gasteiger partial charge in [-0.15, -0.1) is 0 Å². The summed E-state index contributed by atoms with van der Waals surface area (Å²) in [5, 5.41) is 18.8. The molecule has 0 amide bonds. The van der Waals surface area contributed by atoms with Gasteiger partial charge in [0.1, 0.15) is 5.82 Å². The number of fused-ring (bicyclic) bond motifs is 1. The van der Waals surface area contributed by atoms with E-state index in [2.05, 4.69) is 4.98 Å². The van der Waals surface area contributed by atoms with Crippen molar-refractivity contribution >= 4 is 22.7 Å². The van der Waals surface area contributed by atoms with E-state index in [0.717, 1.165) is 12.4 Å². The zero-order chi connectivity index (χ0) is 13.8. The summed E-state index contributed by atoms with van der Waals surface area (Å²) >= 11 is 0. The van der Waals surface area contributed by atoms with Crippen LogP contribution in [0.3, 0.4) is 0 Å². The highest BCUT2D eigenvalue weighted by Gasteiger charge is 2.11. The van der Waals surface area contributed by atoms with Crippen LogP contribution < -0.4 is 4.90 Å². The van der Waals surface area contributed by atoms with Gasteiger partial charge in [0.2, 0.25) is 0 Å². The van der Waals surface area contributed by atoms with Gasteiger partial charge >= 0.3 is 5.97 Å². The molecule has 0 spiro atoms. The summed E-state index contributed by atoms with van der Waals surface area (Å²) in [7, 11) is 0. The first-order chi connectivity index (χ1) is 9.17. The average molecular weight is 260 g/mol. The molecule has 0 atom stereocenters. The van der Waals surface area contributed by atoms with Gasteiger partial charge in [0.05, 0.1) is 17.7 Å². The van der Waals surface area contributed by atoms with Crippen molar-refractivity contribution in [3.63, 3.8) is 0 Å². The normalized spacial score (nSPS) is 10.6. The van der Waals surface area contributed by atoms with Gasteiger partial charge in [-0.2, -0.15) is 0 Å². The molecule has 2 N–H and O–H groups in total. The fraction of sp³-hybridized carbons (Fsp3) is 0.286. The largest absolute Gasteiger partial charge is 0.478 e. The maximum Gasteiger partial charge on any atom is 0.336 e. The molecule has 0 aliphatic carbocycles. The molecule has 2 aromatic rings. The molecule has 1 heterocycles. The predicted octanol–water partition coefficient (Wildman–Crippen LogP) is 1.75. The first-order valence-electron chi connectivity index (χ1n) is 6.16. The fourth-order valence-electron chi connectivity index (χ4n) is 2.06.